The number of aromatic nitrogens is 4. The maximum absolute atomic E-state index is 11.3. The lowest BCUT2D eigenvalue weighted by atomic mass is 10.1. The molecule has 2 rings (SSSR count). The van der Waals surface area contributed by atoms with Gasteiger partial charge in [0.15, 0.2) is 6.29 Å². The van der Waals surface area contributed by atoms with E-state index >= 15 is 0 Å². The highest BCUT2D eigenvalue weighted by atomic mass is 79.9. The summed E-state index contributed by atoms with van der Waals surface area (Å²) < 4.78 is 7.91. The van der Waals surface area contributed by atoms with Crippen LogP contribution in [0.2, 0.25) is 25.7 Å². The average Bonchev–Trinajstić information content (AvgIpc) is 2.79. The number of nitrogens with zero attached hydrogens (tertiary/aromatic N) is 4. The van der Waals surface area contributed by atoms with E-state index in [4.69, 9.17) is 4.74 Å². The second kappa shape index (κ2) is 7.25. The van der Waals surface area contributed by atoms with Crippen LogP contribution in [0, 0.1) is 0 Å². The van der Waals surface area contributed by atoms with Crippen molar-refractivity contribution in [3.8, 4) is 11.3 Å². The Hall–Kier alpha value is -1.38. The molecular weight excluding hydrogens is 364 g/mol. The highest BCUT2D eigenvalue weighted by Gasteiger charge is 2.18. The van der Waals surface area contributed by atoms with Crippen molar-refractivity contribution < 1.29 is 9.53 Å². The lowest BCUT2D eigenvalue weighted by Crippen LogP contribution is -2.22. The minimum absolute atomic E-state index is 0.300. The molecule has 0 spiro atoms. The normalized spacial score (nSPS) is 11.6. The van der Waals surface area contributed by atoms with E-state index in [1.807, 2.05) is 0 Å². The Bertz CT molecular complexity index is 640. The number of carbonyl (C=O) groups is 1. The Balaban J connectivity index is 2.19. The Morgan fingerprint density at radius 2 is 2.14 bits per heavy atom. The van der Waals surface area contributed by atoms with Gasteiger partial charge in [0.1, 0.15) is 11.3 Å². The molecule has 0 aliphatic heterocycles. The van der Waals surface area contributed by atoms with Gasteiger partial charge in [-0.05, 0) is 28.0 Å². The van der Waals surface area contributed by atoms with Gasteiger partial charge in [-0.25, -0.2) is 4.68 Å². The summed E-state index contributed by atoms with van der Waals surface area (Å²) in [4.78, 5) is 11.3. The Morgan fingerprint density at radius 1 is 1.36 bits per heavy atom. The van der Waals surface area contributed by atoms with Crippen LogP contribution in [0.15, 0.2) is 23.1 Å². The third-order valence-electron chi connectivity index (χ3n) is 3.13. The fourth-order valence-electron chi connectivity index (χ4n) is 1.91. The largest absolute Gasteiger partial charge is 0.360 e. The van der Waals surface area contributed by atoms with E-state index in [2.05, 4.69) is 50.9 Å². The van der Waals surface area contributed by atoms with Gasteiger partial charge in [0.2, 0.25) is 0 Å². The molecule has 22 heavy (non-hydrogen) atoms. The van der Waals surface area contributed by atoms with Crippen LogP contribution in [0.1, 0.15) is 10.4 Å². The number of halogens is 1. The summed E-state index contributed by atoms with van der Waals surface area (Å²) in [7, 11) is -1.12. The second-order valence-corrected chi connectivity index (χ2v) is 12.5. The molecule has 0 aromatic carbocycles. The maximum Gasteiger partial charge on any atom is 0.155 e. The molecule has 2 heterocycles. The van der Waals surface area contributed by atoms with Gasteiger partial charge in [-0.15, -0.1) is 0 Å². The highest BCUT2D eigenvalue weighted by Crippen LogP contribution is 2.27. The second-order valence-electron chi connectivity index (χ2n) is 6.15. The average molecular weight is 383 g/mol. The SMILES string of the molecule is C[Si](C)(C)CCOCn1nc(Br)c(C=O)c1-c1ccnnc1. The molecule has 0 fully saturated rings. The van der Waals surface area contributed by atoms with Crippen LogP contribution in [0.25, 0.3) is 11.3 Å². The lowest BCUT2D eigenvalue weighted by molar-refractivity contribution is 0.0795. The first-order valence-electron chi connectivity index (χ1n) is 6.98. The standard InChI is InChI=1S/C14H19BrN4O2Si/c1-22(2,3)7-6-21-10-19-13(11-4-5-16-17-8-11)12(9-20)14(15)18-19/h4-5,8-9H,6-7,10H2,1-3H3. The van der Waals surface area contributed by atoms with Gasteiger partial charge >= 0.3 is 0 Å². The van der Waals surface area contributed by atoms with Crippen molar-refractivity contribution in [3.63, 3.8) is 0 Å². The molecule has 0 aliphatic carbocycles. The van der Waals surface area contributed by atoms with Gasteiger partial charge in [-0.1, -0.05) is 19.6 Å². The summed E-state index contributed by atoms with van der Waals surface area (Å²) in [6.45, 7) is 7.91. The van der Waals surface area contributed by atoms with E-state index in [9.17, 15) is 4.79 Å². The molecular formula is C14H19BrN4O2Si. The number of aldehydes is 1. The summed E-state index contributed by atoms with van der Waals surface area (Å²) in [6.07, 6.45) is 3.97. The maximum atomic E-state index is 11.3. The summed E-state index contributed by atoms with van der Waals surface area (Å²) in [5.74, 6) is 0. The van der Waals surface area contributed by atoms with Crippen molar-refractivity contribution in [1.29, 1.82) is 0 Å². The lowest BCUT2D eigenvalue weighted by Gasteiger charge is -2.15. The zero-order chi connectivity index (χ0) is 16.2. The molecule has 0 saturated heterocycles. The minimum Gasteiger partial charge on any atom is -0.360 e. The molecule has 0 radical (unpaired) electrons. The first-order chi connectivity index (χ1) is 10.4. The molecule has 2 aromatic rings. The smallest absolute Gasteiger partial charge is 0.155 e. The zero-order valence-electron chi connectivity index (χ0n) is 12.9. The zero-order valence-corrected chi connectivity index (χ0v) is 15.5. The Morgan fingerprint density at radius 3 is 2.73 bits per heavy atom. The van der Waals surface area contributed by atoms with Crippen molar-refractivity contribution in [2.45, 2.75) is 32.4 Å². The van der Waals surface area contributed by atoms with E-state index in [0.29, 0.717) is 29.2 Å². The fourth-order valence-corrected chi connectivity index (χ4v) is 3.14. The van der Waals surface area contributed by atoms with E-state index < -0.39 is 8.07 Å². The molecule has 0 saturated carbocycles. The molecule has 118 valence electrons. The first kappa shape index (κ1) is 17.0. The molecule has 0 aliphatic rings. The van der Waals surface area contributed by atoms with Crippen molar-refractivity contribution in [2.75, 3.05) is 6.61 Å². The molecule has 2 aromatic heterocycles. The van der Waals surface area contributed by atoms with Crippen LogP contribution in [0.3, 0.4) is 0 Å². The third-order valence-corrected chi connectivity index (χ3v) is 5.42. The monoisotopic (exact) mass is 382 g/mol. The summed E-state index contributed by atoms with van der Waals surface area (Å²) in [5, 5.41) is 11.9. The van der Waals surface area contributed by atoms with Crippen LogP contribution < -0.4 is 0 Å². The first-order valence-corrected chi connectivity index (χ1v) is 11.5. The third kappa shape index (κ3) is 4.31. The van der Waals surface area contributed by atoms with E-state index in [-0.39, 0.29) is 0 Å². The topological polar surface area (TPSA) is 69.9 Å². The van der Waals surface area contributed by atoms with Crippen molar-refractivity contribution in [1.82, 2.24) is 20.0 Å². The number of ether oxygens (including phenoxy) is 1. The number of rotatable bonds is 7. The molecule has 0 bridgehead atoms. The van der Waals surface area contributed by atoms with Gasteiger partial charge in [0.05, 0.1) is 23.7 Å². The van der Waals surface area contributed by atoms with Crippen molar-refractivity contribution in [3.05, 3.63) is 28.6 Å². The van der Waals surface area contributed by atoms with Crippen molar-refractivity contribution >= 4 is 30.3 Å². The molecule has 0 N–H and O–H groups in total. The summed E-state index contributed by atoms with van der Waals surface area (Å²) in [6, 6.07) is 2.88. The van der Waals surface area contributed by atoms with Crippen LogP contribution in [-0.2, 0) is 11.5 Å². The number of hydrogen-bond donors (Lipinski definition) is 0. The number of carbonyl (C=O) groups excluding carboxylic acids is 1. The van der Waals surface area contributed by atoms with Gasteiger partial charge in [-0.3, -0.25) is 4.79 Å². The molecule has 0 amide bonds. The quantitative estimate of drug-likeness (QED) is 0.417. The van der Waals surface area contributed by atoms with Crippen molar-refractivity contribution in [2.24, 2.45) is 0 Å². The molecule has 8 heteroatoms. The van der Waals surface area contributed by atoms with Gasteiger partial charge < -0.3 is 4.74 Å². The number of hydrogen-bond acceptors (Lipinski definition) is 5. The van der Waals surface area contributed by atoms with Crippen LogP contribution in [-0.4, -0.2) is 40.9 Å². The summed E-state index contributed by atoms with van der Waals surface area (Å²) >= 11 is 3.32. The van der Waals surface area contributed by atoms with E-state index in [1.54, 1.807) is 23.1 Å². The Kier molecular flexibility index (Phi) is 5.60. The summed E-state index contributed by atoms with van der Waals surface area (Å²) in [5.41, 5.74) is 1.95. The molecule has 0 unspecified atom stereocenters. The minimum atomic E-state index is -1.12. The predicted molar refractivity (Wildman–Crippen MR) is 90.4 cm³/mol. The predicted octanol–water partition coefficient (Wildman–Crippen LogP) is 3.23. The van der Waals surface area contributed by atoms with Crippen LogP contribution >= 0.6 is 15.9 Å². The van der Waals surface area contributed by atoms with E-state index in [0.717, 1.165) is 17.9 Å². The highest BCUT2D eigenvalue weighted by molar-refractivity contribution is 9.10. The van der Waals surface area contributed by atoms with E-state index in [1.165, 1.54) is 0 Å². The Labute approximate surface area is 139 Å². The van der Waals surface area contributed by atoms with Gasteiger partial charge in [0.25, 0.3) is 0 Å². The molecule has 0 atom stereocenters. The fraction of sp³-hybridized carbons (Fsp3) is 0.429. The van der Waals surface area contributed by atoms with Crippen LogP contribution in [0.5, 0.6) is 0 Å². The van der Waals surface area contributed by atoms with Crippen LogP contribution in [0.4, 0.5) is 0 Å². The van der Waals surface area contributed by atoms with Gasteiger partial charge in [0, 0.05) is 20.2 Å². The van der Waals surface area contributed by atoms with Gasteiger partial charge in [-0.2, -0.15) is 15.3 Å². The molecule has 6 nitrogen and oxygen atoms in total.